The number of nitrogen functional groups attached to an aromatic ring is 2. The van der Waals surface area contributed by atoms with E-state index in [1.54, 1.807) is 12.4 Å². The van der Waals surface area contributed by atoms with E-state index in [-0.39, 0.29) is 43.8 Å². The largest absolute Gasteiger partial charge is 0.462 e. The molecule has 0 spiro atoms. The summed E-state index contributed by atoms with van der Waals surface area (Å²) in [5, 5.41) is 16.0. The fourth-order valence-electron chi connectivity index (χ4n) is 6.74. The lowest BCUT2D eigenvalue weighted by atomic mass is 9.94. The fraction of sp³-hybridized carbons (Fsp3) is 0.281. The van der Waals surface area contributed by atoms with Gasteiger partial charge < -0.3 is 26.0 Å². The Morgan fingerprint density at radius 2 is 2.00 bits per heavy atom. The molecule has 0 bridgehead atoms. The Morgan fingerprint density at radius 1 is 1.13 bits per heavy atom. The van der Waals surface area contributed by atoms with Crippen molar-refractivity contribution in [1.82, 2.24) is 29.6 Å². The van der Waals surface area contributed by atoms with E-state index in [1.165, 1.54) is 12.1 Å². The highest BCUT2D eigenvalue weighted by Crippen LogP contribution is 2.47. The molecule has 2 aromatic carbocycles. The van der Waals surface area contributed by atoms with Crippen molar-refractivity contribution in [1.29, 1.82) is 5.26 Å². The molecule has 1 saturated heterocycles. The molecular weight excluding hydrogens is 610 g/mol. The maximum absolute atomic E-state index is 17.3. The van der Waals surface area contributed by atoms with Crippen molar-refractivity contribution in [2.75, 3.05) is 43.1 Å². The van der Waals surface area contributed by atoms with Crippen LogP contribution in [-0.4, -0.2) is 62.4 Å². The molecule has 1 fully saturated rings. The van der Waals surface area contributed by atoms with Crippen LogP contribution in [0.1, 0.15) is 24.0 Å². The van der Waals surface area contributed by atoms with Crippen LogP contribution in [0.4, 0.5) is 25.4 Å². The predicted octanol–water partition coefficient (Wildman–Crippen LogP) is 5.06. The topological polar surface area (TPSA) is 148 Å². The second-order valence-corrected chi connectivity index (χ2v) is 12.7. The van der Waals surface area contributed by atoms with Gasteiger partial charge in [-0.05, 0) is 44.1 Å². The summed E-state index contributed by atoms with van der Waals surface area (Å²) in [4.78, 5) is 18.0. The van der Waals surface area contributed by atoms with Gasteiger partial charge in [-0.3, -0.25) is 4.68 Å². The zero-order valence-corrected chi connectivity index (χ0v) is 25.6. The van der Waals surface area contributed by atoms with Crippen LogP contribution in [0.3, 0.4) is 0 Å². The zero-order chi connectivity index (χ0) is 31.7. The minimum atomic E-state index is -0.655. The third-order valence-corrected chi connectivity index (χ3v) is 10.1. The van der Waals surface area contributed by atoms with Gasteiger partial charge in [-0.1, -0.05) is 12.1 Å². The normalized spacial score (nSPS) is 16.6. The summed E-state index contributed by atoms with van der Waals surface area (Å²) in [7, 11) is 2.05. The van der Waals surface area contributed by atoms with Gasteiger partial charge >= 0.3 is 6.01 Å². The van der Waals surface area contributed by atoms with Crippen LogP contribution in [0, 0.1) is 23.0 Å². The lowest BCUT2D eigenvalue weighted by molar-refractivity contribution is 0.188. The first-order chi connectivity index (χ1) is 22.3. The lowest BCUT2D eigenvalue weighted by Crippen LogP contribution is -2.31. The highest BCUT2D eigenvalue weighted by molar-refractivity contribution is 7.23. The van der Waals surface area contributed by atoms with Crippen molar-refractivity contribution >= 4 is 59.9 Å². The van der Waals surface area contributed by atoms with Crippen molar-refractivity contribution < 1.29 is 13.5 Å². The molecule has 8 rings (SSSR count). The van der Waals surface area contributed by atoms with Gasteiger partial charge in [0.25, 0.3) is 0 Å². The molecule has 0 aliphatic carbocycles. The van der Waals surface area contributed by atoms with Crippen LogP contribution in [-0.2, 0) is 13.1 Å². The van der Waals surface area contributed by atoms with E-state index < -0.39 is 11.6 Å². The summed E-state index contributed by atoms with van der Waals surface area (Å²) in [6.07, 6.45) is 5.28. The third-order valence-electron chi connectivity index (χ3n) is 9.09. The SMILES string of the molecule is CN1CCC[C@H]1COc1nc2c3c(n1)c(F)c(-c1ccc(F)c4sc(N)c(C#N)c14)c1cnn(c13)CCN2Cc1cccnc1N. The molecule has 6 aromatic rings. The Labute approximate surface area is 265 Å². The second kappa shape index (κ2) is 10.7. The summed E-state index contributed by atoms with van der Waals surface area (Å²) in [6, 6.07) is 8.80. The van der Waals surface area contributed by atoms with Crippen molar-refractivity contribution in [3.63, 3.8) is 0 Å². The Kier molecular flexibility index (Phi) is 6.62. The maximum atomic E-state index is 17.3. The minimum Gasteiger partial charge on any atom is -0.462 e. The van der Waals surface area contributed by atoms with Crippen molar-refractivity contribution in [3.8, 4) is 23.2 Å². The summed E-state index contributed by atoms with van der Waals surface area (Å²) in [5.74, 6) is -0.311. The van der Waals surface area contributed by atoms with Crippen LogP contribution >= 0.6 is 11.3 Å². The molecule has 4 aromatic heterocycles. The predicted molar refractivity (Wildman–Crippen MR) is 174 cm³/mol. The Morgan fingerprint density at radius 3 is 2.78 bits per heavy atom. The Bertz CT molecular complexity index is 2240. The zero-order valence-electron chi connectivity index (χ0n) is 24.8. The number of anilines is 3. The number of nitrogens with zero attached hydrogens (tertiary/aromatic N) is 8. The van der Waals surface area contributed by atoms with Gasteiger partial charge in [0.2, 0.25) is 0 Å². The number of likely N-dealkylation sites (N-methyl/N-ethyl adjacent to an activating group) is 1. The van der Waals surface area contributed by atoms with Crippen molar-refractivity contribution in [3.05, 3.63) is 59.4 Å². The number of nitriles is 1. The average Bonchev–Trinajstić information content (AvgIpc) is 3.73. The summed E-state index contributed by atoms with van der Waals surface area (Å²) >= 11 is 0.965. The molecule has 0 radical (unpaired) electrons. The van der Waals surface area contributed by atoms with E-state index in [1.807, 2.05) is 21.7 Å². The van der Waals surface area contributed by atoms with Gasteiger partial charge in [0.1, 0.15) is 40.6 Å². The van der Waals surface area contributed by atoms with E-state index in [9.17, 15) is 5.26 Å². The molecule has 4 N–H and O–H groups in total. The number of aromatic nitrogens is 5. The van der Waals surface area contributed by atoms with Crippen LogP contribution in [0.5, 0.6) is 6.01 Å². The lowest BCUT2D eigenvalue weighted by Gasteiger charge is -2.25. The fourth-order valence-corrected chi connectivity index (χ4v) is 7.68. The van der Waals surface area contributed by atoms with Gasteiger partial charge in [-0.2, -0.15) is 20.3 Å². The van der Waals surface area contributed by atoms with E-state index in [4.69, 9.17) is 21.2 Å². The molecule has 46 heavy (non-hydrogen) atoms. The number of pyridine rings is 1. The van der Waals surface area contributed by atoms with Gasteiger partial charge in [0.15, 0.2) is 5.82 Å². The van der Waals surface area contributed by atoms with Crippen molar-refractivity contribution in [2.45, 2.75) is 32.0 Å². The van der Waals surface area contributed by atoms with E-state index in [0.29, 0.717) is 59.7 Å². The van der Waals surface area contributed by atoms with Crippen LogP contribution in [0.2, 0.25) is 0 Å². The van der Waals surface area contributed by atoms with E-state index in [0.717, 1.165) is 36.3 Å². The van der Waals surface area contributed by atoms with Gasteiger partial charge in [-0.25, -0.2) is 13.8 Å². The molecule has 0 saturated carbocycles. The minimum absolute atomic E-state index is 0.0364. The quantitative estimate of drug-likeness (QED) is 0.254. The third kappa shape index (κ3) is 4.30. The number of thiophene rings is 1. The maximum Gasteiger partial charge on any atom is 0.319 e. The molecule has 6 heterocycles. The highest BCUT2D eigenvalue weighted by atomic mass is 32.1. The summed E-state index contributed by atoms with van der Waals surface area (Å²) in [6.45, 7) is 2.63. The first-order valence-corrected chi connectivity index (χ1v) is 15.7. The Balaban J connectivity index is 1.40. The Hall–Kier alpha value is -5.13. The summed E-state index contributed by atoms with van der Waals surface area (Å²) < 4.78 is 40.5. The number of ether oxygens (including phenoxy) is 1. The van der Waals surface area contributed by atoms with Gasteiger partial charge in [-0.15, -0.1) is 11.3 Å². The molecule has 232 valence electrons. The standard InChI is InChI=1S/C32H28F2N10OS/c1-42-9-3-5-17(42)15-45-32-40-26-24-27-20(22(25(26)34)18-6-7-21(33)28-23(18)19(12-35)30(37)46-28)13-39-44(27)11-10-43(31(24)41-32)14-16-4-2-8-38-29(16)36/h2,4,6-8,13,17H,3,5,9-11,14-15,37H2,1H3,(H2,36,38)/t17-/m0/s1. The van der Waals surface area contributed by atoms with E-state index >= 15 is 8.78 Å². The number of nitrogens with two attached hydrogens (primary N) is 2. The smallest absolute Gasteiger partial charge is 0.319 e. The summed E-state index contributed by atoms with van der Waals surface area (Å²) in [5.41, 5.74) is 14.4. The molecule has 1 atom stereocenters. The molecule has 2 aliphatic heterocycles. The average molecular weight is 639 g/mol. The number of halogens is 2. The molecule has 0 amide bonds. The molecule has 0 unspecified atom stereocenters. The molecule has 2 aliphatic rings. The number of likely N-dealkylation sites (tertiary alicyclic amines) is 1. The van der Waals surface area contributed by atoms with Gasteiger partial charge in [0.05, 0.1) is 33.9 Å². The highest BCUT2D eigenvalue weighted by Gasteiger charge is 2.31. The van der Waals surface area contributed by atoms with Crippen LogP contribution in [0.15, 0.2) is 36.7 Å². The molecule has 11 nitrogen and oxygen atoms in total. The van der Waals surface area contributed by atoms with Crippen LogP contribution in [0.25, 0.3) is 43.0 Å². The second-order valence-electron chi connectivity index (χ2n) is 11.7. The van der Waals surface area contributed by atoms with E-state index in [2.05, 4.69) is 33.1 Å². The van der Waals surface area contributed by atoms with Gasteiger partial charge in [0, 0.05) is 47.2 Å². The number of benzene rings is 2. The molecular formula is C32H28F2N10OS. The number of hydrogen-bond acceptors (Lipinski definition) is 11. The van der Waals surface area contributed by atoms with Crippen LogP contribution < -0.4 is 21.1 Å². The number of hydrogen-bond donors (Lipinski definition) is 2. The van der Waals surface area contributed by atoms with Crippen molar-refractivity contribution in [2.24, 2.45) is 0 Å². The monoisotopic (exact) mass is 638 g/mol. The first-order valence-electron chi connectivity index (χ1n) is 14.9. The first kappa shape index (κ1) is 28.4. The molecule has 14 heteroatoms. The number of rotatable bonds is 6. The number of fused-ring (bicyclic) bond motifs is 1.